The van der Waals surface area contributed by atoms with Gasteiger partial charge in [0.05, 0.1) is 48.4 Å². The number of fused-ring (bicyclic) bond motifs is 1. The number of Topliss-reactive ketones (excluding diaryl/α,β-unsaturated/α-hetero) is 1. The van der Waals surface area contributed by atoms with Crippen LogP contribution < -0.4 is 9.47 Å². The van der Waals surface area contributed by atoms with Gasteiger partial charge in [-0.2, -0.15) is 0 Å². The molecule has 0 bridgehead atoms. The van der Waals surface area contributed by atoms with Crippen molar-refractivity contribution in [3.05, 3.63) is 67.3 Å². The summed E-state index contributed by atoms with van der Waals surface area (Å²) < 4.78 is 31.1. The van der Waals surface area contributed by atoms with Gasteiger partial charge in [-0.25, -0.2) is 4.98 Å². The molecule has 11 heteroatoms. The van der Waals surface area contributed by atoms with Crippen molar-refractivity contribution < 1.29 is 38.1 Å². The SMILES string of the molecule is C=C[C@@H]1C[C@]1(CC(=O)[C@@H]1C[C@@H](Oc2cc(-c3ccccc3)nc3cc(OC)ccc23)CN1C(=O)C(CC(=O)OC1CCCC1)C(C)(C)C)P(C)(=O)O. The van der Waals surface area contributed by atoms with Gasteiger partial charge in [0.1, 0.15) is 23.7 Å². The highest BCUT2D eigenvalue weighted by Crippen LogP contribution is 2.71. The van der Waals surface area contributed by atoms with E-state index in [2.05, 4.69) is 6.58 Å². The van der Waals surface area contributed by atoms with Gasteiger partial charge >= 0.3 is 5.97 Å². The number of likely N-dealkylation sites (tertiary alicyclic amines) is 1. The summed E-state index contributed by atoms with van der Waals surface area (Å²) in [5.41, 5.74) is 1.62. The molecular formula is C41H51N2O8P. The third-order valence-corrected chi connectivity index (χ3v) is 13.6. The van der Waals surface area contributed by atoms with Crippen LogP contribution in [-0.2, 0) is 23.7 Å². The molecule has 6 atom stereocenters. The Bertz CT molecular complexity index is 1880. The number of rotatable bonds is 13. The second kappa shape index (κ2) is 14.8. The lowest BCUT2D eigenvalue weighted by Gasteiger charge is -2.35. The second-order valence-corrected chi connectivity index (χ2v) is 18.6. The number of ketones is 1. The van der Waals surface area contributed by atoms with Gasteiger partial charge in [-0.3, -0.25) is 18.9 Å². The number of hydrogen-bond acceptors (Lipinski definition) is 8. The van der Waals surface area contributed by atoms with Gasteiger partial charge in [0.25, 0.3) is 0 Å². The minimum atomic E-state index is -3.69. The monoisotopic (exact) mass is 730 g/mol. The van der Waals surface area contributed by atoms with E-state index in [-0.39, 0.29) is 49.5 Å². The molecule has 52 heavy (non-hydrogen) atoms. The highest BCUT2D eigenvalue weighted by molar-refractivity contribution is 7.59. The second-order valence-electron chi connectivity index (χ2n) is 15.9. The quantitative estimate of drug-likeness (QED) is 0.107. The lowest BCUT2D eigenvalue weighted by Crippen LogP contribution is -2.48. The van der Waals surface area contributed by atoms with Crippen molar-refractivity contribution in [2.75, 3.05) is 20.3 Å². The zero-order valence-corrected chi connectivity index (χ0v) is 31.8. The van der Waals surface area contributed by atoms with Crippen LogP contribution in [0.2, 0.25) is 0 Å². The van der Waals surface area contributed by atoms with Gasteiger partial charge < -0.3 is 24.0 Å². The van der Waals surface area contributed by atoms with Crippen LogP contribution in [0.1, 0.15) is 72.1 Å². The molecule has 1 aromatic heterocycles. The van der Waals surface area contributed by atoms with Crippen molar-refractivity contribution in [3.8, 4) is 22.8 Å². The van der Waals surface area contributed by atoms with Crippen LogP contribution >= 0.6 is 7.37 Å². The highest BCUT2D eigenvalue weighted by atomic mass is 31.2. The van der Waals surface area contributed by atoms with Crippen molar-refractivity contribution in [1.29, 1.82) is 0 Å². The van der Waals surface area contributed by atoms with Crippen molar-refractivity contribution in [1.82, 2.24) is 9.88 Å². The fourth-order valence-electron chi connectivity index (χ4n) is 8.01. The first-order valence-corrected chi connectivity index (χ1v) is 20.4. The molecule has 3 aromatic rings. The minimum Gasteiger partial charge on any atom is -0.497 e. The lowest BCUT2D eigenvalue weighted by atomic mass is 9.77. The summed E-state index contributed by atoms with van der Waals surface area (Å²) in [6.45, 7) is 11.0. The Morgan fingerprint density at radius 2 is 1.81 bits per heavy atom. The molecule has 2 heterocycles. The molecule has 10 nitrogen and oxygen atoms in total. The van der Waals surface area contributed by atoms with Crippen molar-refractivity contribution in [2.45, 2.75) is 95.5 Å². The van der Waals surface area contributed by atoms with E-state index in [4.69, 9.17) is 19.2 Å². The normalized spacial score (nSPS) is 25.0. The summed E-state index contributed by atoms with van der Waals surface area (Å²) in [4.78, 5) is 59.4. The molecule has 2 saturated carbocycles. The van der Waals surface area contributed by atoms with Crippen LogP contribution in [0.5, 0.6) is 11.5 Å². The molecule has 0 spiro atoms. The summed E-state index contributed by atoms with van der Waals surface area (Å²) in [5, 5.41) is -0.354. The molecule has 1 N–H and O–H groups in total. The van der Waals surface area contributed by atoms with Gasteiger partial charge in [-0.15, -0.1) is 6.58 Å². The summed E-state index contributed by atoms with van der Waals surface area (Å²) in [5.74, 6) is -0.884. The first kappa shape index (κ1) is 37.7. The predicted octanol–water partition coefficient (Wildman–Crippen LogP) is 7.60. The molecule has 1 amide bonds. The summed E-state index contributed by atoms with van der Waals surface area (Å²) in [6, 6.07) is 16.2. The average Bonchev–Trinajstić information content (AvgIpc) is 3.37. The fourth-order valence-corrected chi connectivity index (χ4v) is 9.72. The minimum absolute atomic E-state index is 0.0981. The molecule has 6 rings (SSSR count). The molecule has 2 aromatic carbocycles. The Balaban J connectivity index is 1.33. The molecule has 3 fully saturated rings. The Morgan fingerprint density at radius 1 is 1.10 bits per heavy atom. The third-order valence-electron chi connectivity index (χ3n) is 11.3. The van der Waals surface area contributed by atoms with E-state index >= 15 is 0 Å². The van der Waals surface area contributed by atoms with Crippen LogP contribution in [0.4, 0.5) is 0 Å². The number of carbonyl (C=O) groups is 3. The molecule has 3 aliphatic rings. The maximum absolute atomic E-state index is 14.7. The number of amides is 1. The number of hydrogen-bond donors (Lipinski definition) is 1. The van der Waals surface area contributed by atoms with E-state index in [1.165, 1.54) is 6.66 Å². The van der Waals surface area contributed by atoms with Crippen LogP contribution in [0.25, 0.3) is 22.2 Å². The molecule has 278 valence electrons. The van der Waals surface area contributed by atoms with Gasteiger partial charge in [-0.05, 0) is 55.6 Å². The van der Waals surface area contributed by atoms with E-state index in [1.54, 1.807) is 18.1 Å². The summed E-state index contributed by atoms with van der Waals surface area (Å²) >= 11 is 0. The molecule has 1 aliphatic heterocycles. The first-order chi connectivity index (χ1) is 24.6. The smallest absolute Gasteiger partial charge is 0.306 e. The largest absolute Gasteiger partial charge is 0.497 e. The first-order valence-electron chi connectivity index (χ1n) is 18.3. The van der Waals surface area contributed by atoms with Crippen molar-refractivity contribution in [2.24, 2.45) is 17.3 Å². The van der Waals surface area contributed by atoms with E-state index in [0.717, 1.165) is 36.6 Å². The van der Waals surface area contributed by atoms with E-state index < -0.39 is 42.0 Å². The van der Waals surface area contributed by atoms with Crippen LogP contribution in [-0.4, -0.2) is 76.2 Å². The average molecular weight is 731 g/mol. The summed E-state index contributed by atoms with van der Waals surface area (Å²) in [7, 11) is -2.10. The number of benzene rings is 2. The van der Waals surface area contributed by atoms with Crippen molar-refractivity contribution >= 4 is 35.9 Å². The number of methoxy groups -OCH3 is 1. The molecular weight excluding hydrogens is 679 g/mol. The summed E-state index contributed by atoms with van der Waals surface area (Å²) in [6.07, 6.45) is 4.90. The van der Waals surface area contributed by atoms with Crippen LogP contribution in [0.3, 0.4) is 0 Å². The molecule has 0 radical (unpaired) electrons. The van der Waals surface area contributed by atoms with Gasteiger partial charge in [0, 0.05) is 42.6 Å². The number of allylic oxidation sites excluding steroid dienone is 1. The number of ether oxygens (including phenoxy) is 3. The van der Waals surface area contributed by atoms with Gasteiger partial charge in [0.15, 0.2) is 5.78 Å². The third kappa shape index (κ3) is 7.84. The maximum atomic E-state index is 14.7. The number of carbonyl (C=O) groups excluding carboxylic acids is 3. The van der Waals surface area contributed by atoms with Crippen LogP contribution in [0, 0.1) is 17.3 Å². The number of pyridine rings is 1. The van der Waals surface area contributed by atoms with E-state index in [1.807, 2.05) is 75.4 Å². The Kier molecular flexibility index (Phi) is 10.7. The number of nitrogens with zero attached hydrogens (tertiary/aromatic N) is 2. The standard InChI is InChI=1S/C41H51N2O8P/c1-7-27-23-41(27,52(6,47)48)24-36(44)35-20-30(25-43(35)39(46)32(40(2,3)4)21-38(45)51-28-15-11-12-16-28)50-37-22-33(26-13-9-8-10-14-26)42-34-19-29(49-5)17-18-31(34)37/h7-10,13-14,17-19,22,27-28,30,32,35H,1,11-12,15-16,20-21,23-25H2,2-6H3,(H,47,48)/t27-,30-,32?,35+,41-/m1/s1. The zero-order chi connectivity index (χ0) is 37.4. The van der Waals surface area contributed by atoms with Crippen LogP contribution in [0.15, 0.2) is 67.3 Å². The number of esters is 1. The van der Waals surface area contributed by atoms with Gasteiger partial charge in [0.2, 0.25) is 13.3 Å². The fraction of sp³-hybridized carbons (Fsp3) is 0.512. The lowest BCUT2D eigenvalue weighted by molar-refractivity contribution is -0.156. The Hall–Kier alpha value is -4.01. The Morgan fingerprint density at radius 3 is 2.42 bits per heavy atom. The topological polar surface area (TPSA) is 132 Å². The van der Waals surface area contributed by atoms with Gasteiger partial charge in [-0.1, -0.05) is 57.2 Å². The predicted molar refractivity (Wildman–Crippen MR) is 201 cm³/mol. The van der Waals surface area contributed by atoms with E-state index in [0.29, 0.717) is 29.1 Å². The molecule has 1 saturated heterocycles. The maximum Gasteiger partial charge on any atom is 0.306 e. The molecule has 2 aliphatic carbocycles. The Labute approximate surface area is 306 Å². The van der Waals surface area contributed by atoms with Crippen molar-refractivity contribution in [3.63, 3.8) is 0 Å². The number of aromatic nitrogens is 1. The highest BCUT2D eigenvalue weighted by Gasteiger charge is 2.63. The molecule has 2 unspecified atom stereocenters. The zero-order valence-electron chi connectivity index (χ0n) is 30.9. The van der Waals surface area contributed by atoms with E-state index in [9.17, 15) is 23.8 Å².